The van der Waals surface area contributed by atoms with Gasteiger partial charge in [0.15, 0.2) is 11.1 Å². The van der Waals surface area contributed by atoms with E-state index in [9.17, 15) is 24.2 Å². The fourth-order valence-corrected chi connectivity index (χ4v) is 3.90. The van der Waals surface area contributed by atoms with Crippen LogP contribution in [0, 0.1) is 0 Å². The molecule has 0 saturated carbocycles. The number of aliphatic hydroxyl groups is 1. The van der Waals surface area contributed by atoms with E-state index in [2.05, 4.69) is 4.98 Å². The number of thiazole rings is 1. The molecule has 0 aliphatic carbocycles. The monoisotopic (exact) mass is 385 g/mol. The number of hydrogen-bond donors (Lipinski definition) is 2. The van der Waals surface area contributed by atoms with E-state index in [0.29, 0.717) is 0 Å². The molecule has 1 fully saturated rings. The van der Waals surface area contributed by atoms with E-state index in [-0.39, 0.29) is 29.3 Å². The van der Waals surface area contributed by atoms with Crippen LogP contribution in [0.25, 0.3) is 4.96 Å². The van der Waals surface area contributed by atoms with Crippen LogP contribution in [0.4, 0.5) is 9.18 Å². The Morgan fingerprint density at radius 2 is 2.19 bits per heavy atom. The molecular weight excluding hydrogens is 365 g/mol. The highest BCUT2D eigenvalue weighted by atomic mass is 32.1. The number of aromatic hydroxyl groups is 1. The second kappa shape index (κ2) is 6.20. The van der Waals surface area contributed by atoms with E-state index >= 15 is 0 Å². The summed E-state index contributed by atoms with van der Waals surface area (Å²) in [5, 5.41) is 20.3. The van der Waals surface area contributed by atoms with Crippen molar-refractivity contribution >= 4 is 22.4 Å². The van der Waals surface area contributed by atoms with Gasteiger partial charge in [0.05, 0.1) is 17.5 Å². The maximum atomic E-state index is 14.8. The molecule has 8 nitrogen and oxygen atoms in total. The van der Waals surface area contributed by atoms with Gasteiger partial charge >= 0.3 is 6.09 Å². The summed E-state index contributed by atoms with van der Waals surface area (Å²) < 4.78 is 21.2. The van der Waals surface area contributed by atoms with Gasteiger partial charge < -0.3 is 19.8 Å². The van der Waals surface area contributed by atoms with Gasteiger partial charge in [-0.25, -0.2) is 9.18 Å². The summed E-state index contributed by atoms with van der Waals surface area (Å²) >= 11 is 0.922. The molecule has 2 atom stereocenters. The zero-order valence-electron chi connectivity index (χ0n) is 14.6. The first kappa shape index (κ1) is 18.6. The smallest absolute Gasteiger partial charge is 0.410 e. The van der Waals surface area contributed by atoms with Gasteiger partial charge in [-0.1, -0.05) is 11.3 Å². The number of halogens is 1. The number of carbonyl (C=O) groups excluding carboxylic acids is 1. The Bertz CT molecular complexity index is 905. The van der Waals surface area contributed by atoms with Gasteiger partial charge in [0.1, 0.15) is 11.2 Å². The zero-order valence-corrected chi connectivity index (χ0v) is 15.4. The van der Waals surface area contributed by atoms with Crippen LogP contribution in [0.2, 0.25) is 0 Å². The molecule has 10 heteroatoms. The average Bonchev–Trinajstić information content (AvgIpc) is 2.93. The summed E-state index contributed by atoms with van der Waals surface area (Å²) in [6.45, 7) is 4.93. The number of amides is 1. The second-order valence-corrected chi connectivity index (χ2v) is 8.28. The number of rotatable bonds is 1. The molecule has 0 bridgehead atoms. The lowest BCUT2D eigenvalue weighted by Gasteiger charge is -2.40. The molecule has 2 unspecified atom stereocenters. The maximum Gasteiger partial charge on any atom is 0.410 e. The molecule has 2 aromatic rings. The predicted molar refractivity (Wildman–Crippen MR) is 92.2 cm³/mol. The summed E-state index contributed by atoms with van der Waals surface area (Å²) in [5.41, 5.74) is -3.07. The molecule has 1 amide bonds. The number of ether oxygens (including phenoxy) is 1. The molecule has 2 N–H and O–H groups in total. The minimum Gasteiger partial charge on any atom is -0.493 e. The van der Waals surface area contributed by atoms with Gasteiger partial charge in [0.25, 0.3) is 5.56 Å². The van der Waals surface area contributed by atoms with E-state index in [0.717, 1.165) is 21.8 Å². The van der Waals surface area contributed by atoms with E-state index in [1.54, 1.807) is 20.8 Å². The van der Waals surface area contributed by atoms with E-state index in [1.807, 2.05) is 0 Å². The fourth-order valence-electron chi connectivity index (χ4n) is 2.76. The number of likely N-dealkylation sites (tertiary alicyclic amines) is 1. The van der Waals surface area contributed by atoms with Crippen LogP contribution in [0.1, 0.15) is 32.1 Å². The number of nitrogens with zero attached hydrogens (tertiary/aromatic N) is 3. The predicted octanol–water partition coefficient (Wildman–Crippen LogP) is 1.63. The Balaban J connectivity index is 1.85. The first-order chi connectivity index (χ1) is 12.0. The van der Waals surface area contributed by atoms with Crippen LogP contribution in [0.3, 0.4) is 0 Å². The van der Waals surface area contributed by atoms with Crippen molar-refractivity contribution in [1.82, 2.24) is 14.3 Å². The molecule has 142 valence electrons. The van der Waals surface area contributed by atoms with Gasteiger partial charge in [-0.3, -0.25) is 9.20 Å². The van der Waals surface area contributed by atoms with Crippen molar-refractivity contribution in [1.29, 1.82) is 0 Å². The number of aromatic nitrogens is 2. The van der Waals surface area contributed by atoms with Crippen LogP contribution in [0.5, 0.6) is 5.88 Å². The number of carbonyl (C=O) groups is 1. The Kier molecular flexibility index (Phi) is 4.43. The SMILES string of the molecule is CC(C)(C)OC(=O)N1CCC(O)(c2cn3c(=O)cc(O)nc3s2)C(F)C1. The molecule has 0 spiro atoms. The summed E-state index contributed by atoms with van der Waals surface area (Å²) in [4.78, 5) is 29.4. The molecule has 3 heterocycles. The molecule has 1 aliphatic rings. The summed E-state index contributed by atoms with van der Waals surface area (Å²) in [5.74, 6) is -0.438. The zero-order chi connectivity index (χ0) is 19.3. The highest BCUT2D eigenvalue weighted by Gasteiger charge is 2.46. The van der Waals surface area contributed by atoms with Crippen molar-refractivity contribution in [3.63, 3.8) is 0 Å². The third kappa shape index (κ3) is 3.38. The van der Waals surface area contributed by atoms with Crippen molar-refractivity contribution < 1.29 is 24.1 Å². The van der Waals surface area contributed by atoms with Crippen LogP contribution in [-0.2, 0) is 10.3 Å². The van der Waals surface area contributed by atoms with Crippen LogP contribution in [-0.4, -0.2) is 55.5 Å². The van der Waals surface area contributed by atoms with Crippen molar-refractivity contribution in [3.05, 3.63) is 27.5 Å². The molecule has 3 rings (SSSR count). The lowest BCUT2D eigenvalue weighted by Crippen LogP contribution is -2.53. The Morgan fingerprint density at radius 1 is 1.50 bits per heavy atom. The molecule has 2 aromatic heterocycles. The number of alkyl halides is 1. The van der Waals surface area contributed by atoms with Gasteiger partial charge in [-0.2, -0.15) is 4.98 Å². The highest BCUT2D eigenvalue weighted by Crippen LogP contribution is 2.38. The normalized spacial score (nSPS) is 24.0. The number of fused-ring (bicyclic) bond motifs is 1. The Morgan fingerprint density at radius 3 is 2.81 bits per heavy atom. The Labute approximate surface area is 152 Å². The minimum absolute atomic E-state index is 0.0546. The summed E-state index contributed by atoms with van der Waals surface area (Å²) in [6.07, 6.45) is -1.13. The summed E-state index contributed by atoms with van der Waals surface area (Å²) in [7, 11) is 0. The topological polar surface area (TPSA) is 104 Å². The standard InChI is InChI=1S/C16H20FN3O5S/c1-15(2,3)25-14(23)19-5-4-16(24,9(17)7-19)10-8-20-12(22)6-11(21)18-13(20)26-10/h6,8-9,21,24H,4-5,7H2,1-3H3. The van der Waals surface area contributed by atoms with Gasteiger partial charge in [0.2, 0.25) is 5.88 Å². The van der Waals surface area contributed by atoms with E-state index in [4.69, 9.17) is 4.74 Å². The van der Waals surface area contributed by atoms with E-state index in [1.165, 1.54) is 11.1 Å². The van der Waals surface area contributed by atoms with Gasteiger partial charge in [-0.05, 0) is 20.8 Å². The minimum atomic E-state index is -1.85. The lowest BCUT2D eigenvalue weighted by molar-refractivity contribution is -0.0886. The van der Waals surface area contributed by atoms with Gasteiger partial charge in [0, 0.05) is 19.2 Å². The van der Waals surface area contributed by atoms with Crippen molar-refractivity contribution in [2.75, 3.05) is 13.1 Å². The molecule has 0 radical (unpaired) electrons. The molecule has 0 aromatic carbocycles. The largest absolute Gasteiger partial charge is 0.493 e. The van der Waals surface area contributed by atoms with Gasteiger partial charge in [-0.15, -0.1) is 0 Å². The van der Waals surface area contributed by atoms with Crippen molar-refractivity contribution in [2.24, 2.45) is 0 Å². The summed E-state index contributed by atoms with van der Waals surface area (Å²) in [6, 6.07) is 0.936. The third-order valence-electron chi connectivity index (χ3n) is 4.09. The second-order valence-electron chi connectivity index (χ2n) is 7.27. The van der Waals surface area contributed by atoms with Crippen LogP contribution < -0.4 is 5.56 Å². The maximum absolute atomic E-state index is 14.8. The molecular formula is C16H20FN3O5S. The number of hydrogen-bond acceptors (Lipinski definition) is 7. The first-order valence-corrected chi connectivity index (χ1v) is 8.88. The molecule has 1 saturated heterocycles. The number of piperidine rings is 1. The van der Waals surface area contributed by atoms with Crippen LogP contribution in [0.15, 0.2) is 17.1 Å². The fraction of sp³-hybridized carbons (Fsp3) is 0.562. The van der Waals surface area contributed by atoms with Crippen LogP contribution >= 0.6 is 11.3 Å². The quantitative estimate of drug-likeness (QED) is 0.773. The molecule has 1 aliphatic heterocycles. The van der Waals surface area contributed by atoms with E-state index < -0.39 is 34.9 Å². The third-order valence-corrected chi connectivity index (χ3v) is 5.24. The molecule has 26 heavy (non-hydrogen) atoms. The van der Waals surface area contributed by atoms with Crippen molar-refractivity contribution in [2.45, 2.75) is 44.6 Å². The Hall–Kier alpha value is -2.20. The van der Waals surface area contributed by atoms with Crippen molar-refractivity contribution in [3.8, 4) is 5.88 Å². The first-order valence-electron chi connectivity index (χ1n) is 8.07. The highest BCUT2D eigenvalue weighted by molar-refractivity contribution is 7.17. The lowest BCUT2D eigenvalue weighted by atomic mass is 9.88. The average molecular weight is 385 g/mol.